The van der Waals surface area contributed by atoms with Gasteiger partial charge in [-0.3, -0.25) is 9.69 Å². The summed E-state index contributed by atoms with van der Waals surface area (Å²) in [5.74, 6) is -1.39. The fraction of sp³-hybridized carbons (Fsp3) is 0.417. The Morgan fingerprint density at radius 3 is 2.88 bits per heavy atom. The van der Waals surface area contributed by atoms with Crippen molar-refractivity contribution in [3.05, 3.63) is 35.6 Å². The second-order valence-electron chi connectivity index (χ2n) is 4.28. The van der Waals surface area contributed by atoms with E-state index in [1.165, 1.54) is 12.1 Å². The molecule has 4 heteroatoms. The molecule has 0 spiro atoms. The van der Waals surface area contributed by atoms with Crippen molar-refractivity contribution in [2.24, 2.45) is 5.92 Å². The minimum absolute atomic E-state index is 0.0109. The van der Waals surface area contributed by atoms with Crippen LogP contribution in [0.5, 0.6) is 0 Å². The van der Waals surface area contributed by atoms with E-state index in [9.17, 15) is 9.18 Å². The largest absolute Gasteiger partial charge is 0.481 e. The maximum absolute atomic E-state index is 13.1. The van der Waals surface area contributed by atoms with Crippen molar-refractivity contribution in [2.45, 2.75) is 12.5 Å². The molecule has 0 aliphatic carbocycles. The number of rotatable bonds is 2. The predicted molar refractivity (Wildman–Crippen MR) is 57.5 cm³/mol. The molecule has 1 N–H and O–H groups in total. The minimum atomic E-state index is -0.772. The van der Waals surface area contributed by atoms with Crippen molar-refractivity contribution in [1.82, 2.24) is 4.90 Å². The van der Waals surface area contributed by atoms with Crippen molar-refractivity contribution in [3.63, 3.8) is 0 Å². The molecule has 1 aliphatic rings. The lowest BCUT2D eigenvalue weighted by atomic mass is 10.00. The monoisotopic (exact) mass is 223 g/mol. The molecule has 1 heterocycles. The Morgan fingerprint density at radius 1 is 1.56 bits per heavy atom. The smallest absolute Gasteiger partial charge is 0.307 e. The Labute approximate surface area is 93.5 Å². The molecule has 1 aliphatic heterocycles. The molecular formula is C12H14FNO2. The van der Waals surface area contributed by atoms with Crippen molar-refractivity contribution in [2.75, 3.05) is 13.6 Å². The molecule has 2 atom stereocenters. The average Bonchev–Trinajstić information content (AvgIpc) is 2.60. The van der Waals surface area contributed by atoms with Crippen LogP contribution in [0.25, 0.3) is 0 Å². The second kappa shape index (κ2) is 4.22. The highest BCUT2D eigenvalue weighted by Crippen LogP contribution is 2.34. The van der Waals surface area contributed by atoms with Crippen LogP contribution >= 0.6 is 0 Å². The lowest BCUT2D eigenvalue weighted by Crippen LogP contribution is -2.20. The molecule has 0 amide bonds. The zero-order chi connectivity index (χ0) is 11.7. The van der Waals surface area contributed by atoms with Gasteiger partial charge in [-0.15, -0.1) is 0 Å². The summed E-state index contributed by atoms with van der Waals surface area (Å²) in [5.41, 5.74) is 0.853. The number of hydrogen-bond donors (Lipinski definition) is 1. The lowest BCUT2D eigenvalue weighted by Gasteiger charge is -2.19. The van der Waals surface area contributed by atoms with Crippen LogP contribution in [-0.4, -0.2) is 29.6 Å². The van der Waals surface area contributed by atoms with Gasteiger partial charge in [0, 0.05) is 12.6 Å². The van der Waals surface area contributed by atoms with E-state index in [1.807, 2.05) is 18.0 Å². The van der Waals surface area contributed by atoms with Crippen LogP contribution in [0.3, 0.4) is 0 Å². The highest BCUT2D eigenvalue weighted by Gasteiger charge is 2.34. The summed E-state index contributed by atoms with van der Waals surface area (Å²) in [6.45, 7) is 0.524. The molecule has 3 nitrogen and oxygen atoms in total. The number of benzene rings is 1. The van der Waals surface area contributed by atoms with Crippen molar-refractivity contribution in [3.8, 4) is 0 Å². The molecule has 2 rings (SSSR count). The Balaban J connectivity index is 2.19. The maximum atomic E-state index is 13.1. The number of aliphatic carboxylic acids is 1. The Kier molecular flexibility index (Phi) is 2.92. The summed E-state index contributed by atoms with van der Waals surface area (Å²) in [5, 5.41) is 8.95. The van der Waals surface area contributed by atoms with Crippen molar-refractivity contribution >= 4 is 5.97 Å². The zero-order valence-electron chi connectivity index (χ0n) is 9.06. The van der Waals surface area contributed by atoms with Gasteiger partial charge in [-0.05, 0) is 31.2 Å². The summed E-state index contributed by atoms with van der Waals surface area (Å²) in [7, 11) is 1.87. The molecule has 0 radical (unpaired) electrons. The second-order valence-corrected chi connectivity index (χ2v) is 4.28. The number of nitrogens with zero attached hydrogens (tertiary/aromatic N) is 1. The first-order valence-electron chi connectivity index (χ1n) is 5.26. The molecule has 0 unspecified atom stereocenters. The molecular weight excluding hydrogens is 209 g/mol. The Morgan fingerprint density at radius 2 is 2.31 bits per heavy atom. The van der Waals surface area contributed by atoms with Gasteiger partial charge in [-0.2, -0.15) is 0 Å². The van der Waals surface area contributed by atoms with Crippen LogP contribution in [0, 0.1) is 11.7 Å². The van der Waals surface area contributed by atoms with Crippen LogP contribution < -0.4 is 0 Å². The number of halogens is 1. The van der Waals surface area contributed by atoms with E-state index < -0.39 is 5.97 Å². The SMILES string of the molecule is CN1C[C@@H](C(=O)O)C[C@H]1c1cccc(F)c1. The van der Waals surface area contributed by atoms with Crippen LogP contribution in [0.15, 0.2) is 24.3 Å². The summed E-state index contributed by atoms with van der Waals surface area (Å²) in [6, 6.07) is 6.39. The number of carbonyl (C=O) groups is 1. The van der Waals surface area contributed by atoms with Gasteiger partial charge < -0.3 is 5.11 Å². The van der Waals surface area contributed by atoms with E-state index in [1.54, 1.807) is 6.07 Å². The molecule has 1 aromatic rings. The fourth-order valence-corrected chi connectivity index (χ4v) is 2.28. The highest BCUT2D eigenvalue weighted by molar-refractivity contribution is 5.70. The summed E-state index contributed by atoms with van der Waals surface area (Å²) < 4.78 is 13.1. The molecule has 16 heavy (non-hydrogen) atoms. The van der Waals surface area contributed by atoms with Crippen LogP contribution in [0.2, 0.25) is 0 Å². The fourth-order valence-electron chi connectivity index (χ4n) is 2.28. The molecule has 0 bridgehead atoms. The number of likely N-dealkylation sites (tertiary alicyclic amines) is 1. The van der Waals surface area contributed by atoms with E-state index in [0.717, 1.165) is 5.56 Å². The third-order valence-corrected chi connectivity index (χ3v) is 3.13. The number of carboxylic acid groups (broad SMARTS) is 1. The third kappa shape index (κ3) is 2.07. The summed E-state index contributed by atoms with van der Waals surface area (Å²) >= 11 is 0. The Bertz CT molecular complexity index is 408. The van der Waals surface area contributed by atoms with E-state index >= 15 is 0 Å². The average molecular weight is 223 g/mol. The summed E-state index contributed by atoms with van der Waals surface area (Å²) in [6.07, 6.45) is 0.551. The minimum Gasteiger partial charge on any atom is -0.481 e. The predicted octanol–water partition coefficient (Wildman–Crippen LogP) is 1.90. The molecule has 86 valence electrons. The van der Waals surface area contributed by atoms with E-state index in [2.05, 4.69) is 0 Å². The molecule has 1 aromatic carbocycles. The van der Waals surface area contributed by atoms with Gasteiger partial charge in [0.1, 0.15) is 5.82 Å². The van der Waals surface area contributed by atoms with Gasteiger partial charge in [0.05, 0.1) is 5.92 Å². The first-order valence-corrected chi connectivity index (χ1v) is 5.26. The van der Waals surface area contributed by atoms with Crippen molar-refractivity contribution < 1.29 is 14.3 Å². The highest BCUT2D eigenvalue weighted by atomic mass is 19.1. The van der Waals surface area contributed by atoms with Crippen LogP contribution in [0.4, 0.5) is 4.39 Å². The van der Waals surface area contributed by atoms with Crippen molar-refractivity contribution in [1.29, 1.82) is 0 Å². The molecule has 0 saturated carbocycles. The Hall–Kier alpha value is -1.42. The van der Waals surface area contributed by atoms with E-state index in [4.69, 9.17) is 5.11 Å². The van der Waals surface area contributed by atoms with Crippen LogP contribution in [0.1, 0.15) is 18.0 Å². The standard InChI is InChI=1S/C12H14FNO2/c1-14-7-9(12(15)16)6-11(14)8-3-2-4-10(13)5-8/h2-5,9,11H,6-7H2,1H3,(H,15,16)/t9-,11-/m0/s1. The third-order valence-electron chi connectivity index (χ3n) is 3.13. The summed E-state index contributed by atoms with van der Waals surface area (Å²) in [4.78, 5) is 12.9. The first-order chi connectivity index (χ1) is 7.58. The molecule has 1 fully saturated rings. The van der Waals surface area contributed by atoms with Gasteiger partial charge in [-0.25, -0.2) is 4.39 Å². The van der Waals surface area contributed by atoms with Gasteiger partial charge in [0.15, 0.2) is 0 Å². The van der Waals surface area contributed by atoms with Gasteiger partial charge in [-0.1, -0.05) is 12.1 Å². The topological polar surface area (TPSA) is 40.5 Å². The normalized spacial score (nSPS) is 25.9. The van der Waals surface area contributed by atoms with Gasteiger partial charge in [0.25, 0.3) is 0 Å². The maximum Gasteiger partial charge on any atom is 0.307 e. The first kappa shape index (κ1) is 11.1. The number of hydrogen-bond acceptors (Lipinski definition) is 2. The van der Waals surface area contributed by atoms with Gasteiger partial charge in [0.2, 0.25) is 0 Å². The van der Waals surface area contributed by atoms with E-state index in [0.29, 0.717) is 13.0 Å². The number of carboxylic acids is 1. The lowest BCUT2D eigenvalue weighted by molar-refractivity contribution is -0.141. The quantitative estimate of drug-likeness (QED) is 0.832. The molecule has 1 saturated heterocycles. The zero-order valence-corrected chi connectivity index (χ0v) is 9.06. The molecule has 0 aromatic heterocycles. The van der Waals surface area contributed by atoms with Gasteiger partial charge >= 0.3 is 5.97 Å². The van der Waals surface area contributed by atoms with E-state index in [-0.39, 0.29) is 17.8 Å². The van der Waals surface area contributed by atoms with Crippen LogP contribution in [-0.2, 0) is 4.79 Å².